The number of carbonyl (C=O) groups excluding carboxylic acids is 1. The van der Waals surface area contributed by atoms with Crippen molar-refractivity contribution in [3.05, 3.63) is 53.1 Å². The van der Waals surface area contributed by atoms with Crippen LogP contribution in [0.25, 0.3) is 0 Å². The molecule has 0 saturated carbocycles. The molecule has 0 aliphatic heterocycles. The number of hydrogen-bond acceptors (Lipinski definition) is 5. The van der Waals surface area contributed by atoms with Crippen molar-refractivity contribution in [3.8, 4) is 5.75 Å². The van der Waals surface area contributed by atoms with Crippen LogP contribution in [0.1, 0.15) is 15.2 Å². The van der Waals surface area contributed by atoms with E-state index in [2.05, 4.69) is 31.9 Å². The van der Waals surface area contributed by atoms with Crippen molar-refractivity contribution in [3.63, 3.8) is 0 Å². The summed E-state index contributed by atoms with van der Waals surface area (Å²) in [6, 6.07) is 4.83. The molecule has 0 aliphatic carbocycles. The average molecular weight is 435 g/mol. The van der Waals surface area contributed by atoms with Gasteiger partial charge in [0.2, 0.25) is 11.5 Å². The Kier molecular flexibility index (Phi) is 5.13. The number of aryl methyl sites for hydroxylation is 1. The van der Waals surface area contributed by atoms with Gasteiger partial charge in [0.15, 0.2) is 6.61 Å². The lowest BCUT2D eigenvalue weighted by Gasteiger charge is -2.09. The monoisotopic (exact) mass is 433 g/mol. The first-order valence-corrected chi connectivity index (χ1v) is 8.20. The van der Waals surface area contributed by atoms with Gasteiger partial charge in [-0.25, -0.2) is 0 Å². The van der Waals surface area contributed by atoms with Crippen molar-refractivity contribution in [1.82, 2.24) is 0 Å². The zero-order valence-corrected chi connectivity index (χ0v) is 14.7. The number of Topliss-reactive ketones (excluding diaryl/α,β-unsaturated/α-hetero) is 1. The van der Waals surface area contributed by atoms with Gasteiger partial charge in [0.25, 0.3) is 0 Å². The first-order valence-electron chi connectivity index (χ1n) is 5.73. The van der Waals surface area contributed by atoms with Gasteiger partial charge in [0.05, 0.1) is 9.80 Å². The molecule has 0 unspecified atom stereocenters. The second-order valence-electron chi connectivity index (χ2n) is 4.14. The molecule has 0 spiro atoms. The number of benzene rings is 1. The summed E-state index contributed by atoms with van der Waals surface area (Å²) in [5, 5.41) is 12.9. The maximum absolute atomic E-state index is 12.0. The van der Waals surface area contributed by atoms with E-state index < -0.39 is 4.92 Å². The van der Waals surface area contributed by atoms with Crippen molar-refractivity contribution in [2.75, 3.05) is 6.61 Å². The lowest BCUT2D eigenvalue weighted by Crippen LogP contribution is -2.12. The molecule has 0 atom stereocenters. The highest BCUT2D eigenvalue weighted by atomic mass is 79.9. The van der Waals surface area contributed by atoms with Gasteiger partial charge in [-0.2, -0.15) is 0 Å². The van der Waals surface area contributed by atoms with Crippen LogP contribution >= 0.6 is 43.2 Å². The topological polar surface area (TPSA) is 69.4 Å². The van der Waals surface area contributed by atoms with Gasteiger partial charge >= 0.3 is 5.69 Å². The number of thiophene rings is 1. The van der Waals surface area contributed by atoms with Crippen molar-refractivity contribution in [1.29, 1.82) is 0 Å². The predicted octanol–water partition coefficient (Wildman–Crippen LogP) is 4.75. The second kappa shape index (κ2) is 6.67. The number of nitro benzene ring substituents is 1. The zero-order chi connectivity index (χ0) is 15.6. The van der Waals surface area contributed by atoms with Gasteiger partial charge in [-0.1, -0.05) is 15.9 Å². The number of ketones is 1. The third-order valence-electron chi connectivity index (χ3n) is 2.63. The first-order chi connectivity index (χ1) is 9.90. The largest absolute Gasteiger partial charge is 0.478 e. The van der Waals surface area contributed by atoms with E-state index in [1.807, 2.05) is 0 Å². The number of hydrogen-bond donors (Lipinski definition) is 0. The average Bonchev–Trinajstić information content (AvgIpc) is 2.82. The summed E-state index contributed by atoms with van der Waals surface area (Å²) in [5.41, 5.74) is 0.425. The molecule has 1 aromatic carbocycles. The number of halogens is 2. The summed E-state index contributed by atoms with van der Waals surface area (Å²) in [5.74, 6) is -0.113. The summed E-state index contributed by atoms with van der Waals surface area (Å²) in [6.45, 7) is 1.45. The summed E-state index contributed by atoms with van der Waals surface area (Å²) in [7, 11) is 0. The molecule has 2 rings (SSSR count). The molecule has 110 valence electrons. The van der Waals surface area contributed by atoms with Gasteiger partial charge in [-0.3, -0.25) is 14.9 Å². The molecule has 0 fully saturated rings. The van der Waals surface area contributed by atoms with Crippen LogP contribution in [0, 0.1) is 17.0 Å². The predicted molar refractivity (Wildman–Crippen MR) is 87.4 cm³/mol. The molecular weight excluding hydrogens is 426 g/mol. The quantitative estimate of drug-likeness (QED) is 0.386. The van der Waals surface area contributed by atoms with Crippen LogP contribution in [0.4, 0.5) is 5.69 Å². The van der Waals surface area contributed by atoms with E-state index in [-0.39, 0.29) is 23.8 Å². The van der Waals surface area contributed by atoms with Crippen molar-refractivity contribution in [2.24, 2.45) is 0 Å². The van der Waals surface area contributed by atoms with Crippen LogP contribution in [0.5, 0.6) is 5.75 Å². The number of carbonyl (C=O) groups is 1. The molecule has 8 heteroatoms. The molecule has 0 amide bonds. The highest BCUT2D eigenvalue weighted by Crippen LogP contribution is 2.34. The smallest absolute Gasteiger partial charge is 0.312 e. The van der Waals surface area contributed by atoms with Crippen molar-refractivity contribution < 1.29 is 14.5 Å². The highest BCUT2D eigenvalue weighted by molar-refractivity contribution is 9.10. The van der Waals surface area contributed by atoms with Gasteiger partial charge in [-0.05, 0) is 45.9 Å². The Morgan fingerprint density at radius 2 is 2.14 bits per heavy atom. The third-order valence-corrected chi connectivity index (χ3v) is 4.97. The molecule has 0 radical (unpaired) electrons. The van der Waals surface area contributed by atoms with E-state index in [9.17, 15) is 14.9 Å². The van der Waals surface area contributed by atoms with E-state index in [1.54, 1.807) is 24.4 Å². The Morgan fingerprint density at radius 3 is 2.71 bits per heavy atom. The molecule has 0 aliphatic rings. The maximum atomic E-state index is 12.0. The maximum Gasteiger partial charge on any atom is 0.312 e. The van der Waals surface area contributed by atoms with Crippen LogP contribution in [-0.2, 0) is 0 Å². The first kappa shape index (κ1) is 16.1. The van der Waals surface area contributed by atoms with E-state index in [0.717, 1.165) is 0 Å². The van der Waals surface area contributed by atoms with E-state index >= 15 is 0 Å². The minimum atomic E-state index is -0.529. The van der Waals surface area contributed by atoms with E-state index in [0.29, 0.717) is 19.4 Å². The number of nitrogens with zero attached hydrogens (tertiary/aromatic N) is 1. The molecule has 0 bridgehead atoms. The molecule has 21 heavy (non-hydrogen) atoms. The summed E-state index contributed by atoms with van der Waals surface area (Å²) >= 11 is 7.77. The summed E-state index contributed by atoms with van der Waals surface area (Å²) < 4.78 is 6.69. The van der Waals surface area contributed by atoms with Crippen molar-refractivity contribution in [2.45, 2.75) is 6.92 Å². The van der Waals surface area contributed by atoms with Crippen LogP contribution in [0.15, 0.2) is 32.5 Å². The Balaban J connectivity index is 2.22. The lowest BCUT2D eigenvalue weighted by molar-refractivity contribution is -0.385. The van der Waals surface area contributed by atoms with Crippen LogP contribution in [-0.4, -0.2) is 17.3 Å². The Hall–Kier alpha value is -1.25. The molecular formula is C13H9Br2NO4S. The van der Waals surface area contributed by atoms with Gasteiger partial charge in [-0.15, -0.1) is 11.3 Å². The minimum Gasteiger partial charge on any atom is -0.478 e. The fourth-order valence-electron chi connectivity index (χ4n) is 1.73. The number of ether oxygens (including phenoxy) is 1. The number of nitro groups is 1. The molecule has 5 nitrogen and oxygen atoms in total. The standard InChI is InChI=1S/C13H9Br2NO4S/c1-7-4-8(14)5-10(16(18)19)12(7)20-6-11(17)13-9(15)2-3-21-13/h2-5H,6H2,1H3. The molecule has 1 aromatic heterocycles. The molecule has 1 heterocycles. The SMILES string of the molecule is Cc1cc(Br)cc([N+](=O)[O-])c1OCC(=O)c1sccc1Br. The zero-order valence-electron chi connectivity index (χ0n) is 10.8. The fraction of sp³-hybridized carbons (Fsp3) is 0.154. The van der Waals surface area contributed by atoms with Crippen molar-refractivity contribution >= 4 is 54.7 Å². The van der Waals surface area contributed by atoms with Crippen LogP contribution in [0.2, 0.25) is 0 Å². The van der Waals surface area contributed by atoms with Gasteiger partial charge in [0, 0.05) is 15.0 Å². The molecule has 0 N–H and O–H groups in total. The van der Waals surface area contributed by atoms with Crippen LogP contribution in [0.3, 0.4) is 0 Å². The van der Waals surface area contributed by atoms with Gasteiger partial charge < -0.3 is 4.74 Å². The third kappa shape index (κ3) is 3.69. The van der Waals surface area contributed by atoms with E-state index in [4.69, 9.17) is 4.74 Å². The highest BCUT2D eigenvalue weighted by Gasteiger charge is 2.21. The van der Waals surface area contributed by atoms with E-state index in [1.165, 1.54) is 17.4 Å². The Labute approximate surface area is 141 Å². The molecule has 0 saturated heterocycles. The second-order valence-corrected chi connectivity index (χ2v) is 6.82. The summed E-state index contributed by atoms with van der Waals surface area (Å²) in [4.78, 5) is 23.1. The molecule has 2 aromatic rings. The minimum absolute atomic E-state index is 0.115. The summed E-state index contributed by atoms with van der Waals surface area (Å²) in [6.07, 6.45) is 0. The van der Waals surface area contributed by atoms with Crippen LogP contribution < -0.4 is 4.74 Å². The normalized spacial score (nSPS) is 10.4. The fourth-order valence-corrected chi connectivity index (χ4v) is 3.81. The van der Waals surface area contributed by atoms with Gasteiger partial charge in [0.1, 0.15) is 0 Å². The lowest BCUT2D eigenvalue weighted by atomic mass is 10.2. The number of rotatable bonds is 5. The Morgan fingerprint density at radius 1 is 1.43 bits per heavy atom. The Bertz CT molecular complexity index is 714.